The molecule has 1 fully saturated rings. The van der Waals surface area contributed by atoms with E-state index in [1.54, 1.807) is 12.1 Å². The van der Waals surface area contributed by atoms with Crippen LogP contribution in [0.15, 0.2) is 24.3 Å². The number of halogens is 1. The summed E-state index contributed by atoms with van der Waals surface area (Å²) in [5, 5.41) is 8.58. The highest BCUT2D eigenvalue weighted by molar-refractivity contribution is 5.85. The molecule has 1 aliphatic heterocycles. The van der Waals surface area contributed by atoms with E-state index in [-0.39, 0.29) is 5.82 Å². The average Bonchev–Trinajstić information content (AvgIpc) is 2.47. The first-order chi connectivity index (χ1) is 10.1. The zero-order valence-electron chi connectivity index (χ0n) is 12.4. The number of carboxylic acid groups (broad SMARTS) is 1. The fourth-order valence-electron chi connectivity index (χ4n) is 2.92. The molecule has 1 saturated heterocycles. The van der Waals surface area contributed by atoms with Crippen molar-refractivity contribution >= 4 is 17.7 Å². The van der Waals surface area contributed by atoms with Crippen LogP contribution in [0, 0.1) is 11.7 Å². The zero-order chi connectivity index (χ0) is 15.2. The van der Waals surface area contributed by atoms with Crippen molar-refractivity contribution < 1.29 is 14.3 Å². The summed E-state index contributed by atoms with van der Waals surface area (Å²) in [6.45, 7) is 3.99. The monoisotopic (exact) mass is 291 g/mol. The molecule has 4 heteroatoms. The number of anilines is 1. The van der Waals surface area contributed by atoms with Gasteiger partial charge < -0.3 is 10.0 Å². The molecule has 0 spiro atoms. The number of benzene rings is 1. The molecule has 1 N–H and O–H groups in total. The smallest absolute Gasteiger partial charge is 0.328 e. The molecule has 0 unspecified atom stereocenters. The van der Waals surface area contributed by atoms with Gasteiger partial charge in [-0.25, -0.2) is 9.18 Å². The first kappa shape index (κ1) is 15.5. The molecule has 1 aromatic carbocycles. The van der Waals surface area contributed by atoms with Crippen LogP contribution in [0.5, 0.6) is 0 Å². The molecule has 1 aromatic rings. The molecule has 1 aliphatic rings. The summed E-state index contributed by atoms with van der Waals surface area (Å²) in [5.41, 5.74) is 1.19. The minimum absolute atomic E-state index is 0.281. The van der Waals surface area contributed by atoms with Gasteiger partial charge >= 0.3 is 5.97 Å². The lowest BCUT2D eigenvalue weighted by molar-refractivity contribution is -0.131. The number of nitrogens with zero attached hydrogens (tertiary/aromatic N) is 1. The Morgan fingerprint density at radius 1 is 1.43 bits per heavy atom. The van der Waals surface area contributed by atoms with E-state index in [1.807, 2.05) is 0 Å². The van der Waals surface area contributed by atoms with Gasteiger partial charge in [0.25, 0.3) is 0 Å². The largest absolute Gasteiger partial charge is 0.478 e. The highest BCUT2D eigenvalue weighted by Gasteiger charge is 2.20. The Labute approximate surface area is 125 Å². The summed E-state index contributed by atoms with van der Waals surface area (Å²) in [5.74, 6) is -0.541. The van der Waals surface area contributed by atoms with E-state index in [2.05, 4.69) is 11.8 Å². The second kappa shape index (κ2) is 7.25. The first-order valence-corrected chi connectivity index (χ1v) is 7.55. The summed E-state index contributed by atoms with van der Waals surface area (Å²) in [6, 6.07) is 4.90. The highest BCUT2D eigenvalue weighted by atomic mass is 19.1. The first-order valence-electron chi connectivity index (χ1n) is 7.55. The lowest BCUT2D eigenvalue weighted by atomic mass is 9.92. The second-order valence-electron chi connectivity index (χ2n) is 5.60. The van der Waals surface area contributed by atoms with Crippen LogP contribution in [0.1, 0.15) is 38.2 Å². The molecule has 0 atom stereocenters. The Balaban J connectivity index is 2.03. The maximum Gasteiger partial charge on any atom is 0.328 e. The molecular weight excluding hydrogens is 269 g/mol. The predicted molar refractivity (Wildman–Crippen MR) is 82.9 cm³/mol. The van der Waals surface area contributed by atoms with E-state index in [4.69, 9.17) is 5.11 Å². The molecule has 114 valence electrons. The SMILES string of the molecule is CCCC1CCN(c2ccc(C=CC(=O)O)cc2F)CC1. The van der Waals surface area contributed by atoms with Crippen molar-refractivity contribution in [1.82, 2.24) is 0 Å². The molecule has 0 bridgehead atoms. The average molecular weight is 291 g/mol. The molecule has 3 nitrogen and oxygen atoms in total. The topological polar surface area (TPSA) is 40.5 Å². The van der Waals surface area contributed by atoms with Crippen LogP contribution in [0.4, 0.5) is 10.1 Å². The lowest BCUT2D eigenvalue weighted by Gasteiger charge is -2.33. The molecule has 1 heterocycles. The van der Waals surface area contributed by atoms with E-state index in [0.29, 0.717) is 11.3 Å². The number of piperidine rings is 1. The minimum Gasteiger partial charge on any atom is -0.478 e. The number of hydrogen-bond acceptors (Lipinski definition) is 2. The molecule has 2 rings (SSSR count). The van der Waals surface area contributed by atoms with Gasteiger partial charge in [-0.3, -0.25) is 0 Å². The van der Waals surface area contributed by atoms with E-state index >= 15 is 0 Å². The molecule has 0 aromatic heterocycles. The van der Waals surface area contributed by atoms with Gasteiger partial charge in [0.2, 0.25) is 0 Å². The van der Waals surface area contributed by atoms with Crippen LogP contribution in [0.3, 0.4) is 0 Å². The number of rotatable bonds is 5. The quantitative estimate of drug-likeness (QED) is 0.835. The normalized spacial score (nSPS) is 16.6. The highest BCUT2D eigenvalue weighted by Crippen LogP contribution is 2.28. The van der Waals surface area contributed by atoms with Gasteiger partial charge in [-0.05, 0) is 42.5 Å². The Kier molecular flexibility index (Phi) is 5.37. The van der Waals surface area contributed by atoms with Crippen LogP contribution in [-0.4, -0.2) is 24.2 Å². The van der Waals surface area contributed by atoms with Crippen LogP contribution in [0.2, 0.25) is 0 Å². The van der Waals surface area contributed by atoms with Crippen molar-refractivity contribution in [3.8, 4) is 0 Å². The van der Waals surface area contributed by atoms with Gasteiger partial charge in [-0.2, -0.15) is 0 Å². The lowest BCUT2D eigenvalue weighted by Crippen LogP contribution is -2.34. The Bertz CT molecular complexity index is 520. The van der Waals surface area contributed by atoms with E-state index in [9.17, 15) is 9.18 Å². The van der Waals surface area contributed by atoms with Crippen molar-refractivity contribution in [2.75, 3.05) is 18.0 Å². The number of aliphatic carboxylic acids is 1. The van der Waals surface area contributed by atoms with Gasteiger partial charge in [0.1, 0.15) is 5.82 Å². The van der Waals surface area contributed by atoms with Gasteiger partial charge in [-0.15, -0.1) is 0 Å². The third kappa shape index (κ3) is 4.31. The molecule has 0 saturated carbocycles. The summed E-state index contributed by atoms with van der Waals surface area (Å²) in [6.07, 6.45) is 7.13. The molecule has 21 heavy (non-hydrogen) atoms. The van der Waals surface area contributed by atoms with Crippen molar-refractivity contribution in [3.63, 3.8) is 0 Å². The zero-order valence-corrected chi connectivity index (χ0v) is 12.4. The van der Waals surface area contributed by atoms with E-state index in [1.165, 1.54) is 25.0 Å². The second-order valence-corrected chi connectivity index (χ2v) is 5.60. The van der Waals surface area contributed by atoms with Crippen LogP contribution in [-0.2, 0) is 4.79 Å². The van der Waals surface area contributed by atoms with Crippen molar-refractivity contribution in [3.05, 3.63) is 35.7 Å². The molecule has 0 amide bonds. The minimum atomic E-state index is -1.03. The third-order valence-corrected chi connectivity index (χ3v) is 4.04. The molecule has 0 aliphatic carbocycles. The number of carbonyl (C=O) groups is 1. The van der Waals surface area contributed by atoms with Gasteiger partial charge in [0, 0.05) is 19.2 Å². The third-order valence-electron chi connectivity index (χ3n) is 4.04. The van der Waals surface area contributed by atoms with Gasteiger partial charge in [0.05, 0.1) is 5.69 Å². The number of carboxylic acids is 1. The fraction of sp³-hybridized carbons (Fsp3) is 0.471. The van der Waals surface area contributed by atoms with Gasteiger partial charge in [-0.1, -0.05) is 25.8 Å². The van der Waals surface area contributed by atoms with Crippen molar-refractivity contribution in [2.45, 2.75) is 32.6 Å². The van der Waals surface area contributed by atoms with Crippen molar-refractivity contribution in [1.29, 1.82) is 0 Å². The predicted octanol–water partition coefficient (Wildman–Crippen LogP) is 3.94. The van der Waals surface area contributed by atoms with E-state index < -0.39 is 5.97 Å². The summed E-state index contributed by atoms with van der Waals surface area (Å²) in [4.78, 5) is 12.6. The van der Waals surface area contributed by atoms with Crippen molar-refractivity contribution in [2.24, 2.45) is 5.92 Å². The summed E-state index contributed by atoms with van der Waals surface area (Å²) < 4.78 is 14.2. The van der Waals surface area contributed by atoms with Crippen LogP contribution < -0.4 is 4.90 Å². The summed E-state index contributed by atoms with van der Waals surface area (Å²) >= 11 is 0. The standard InChI is InChI=1S/C17H22FNO2/c1-2-3-13-8-10-19(11-9-13)16-6-4-14(12-15(16)18)5-7-17(20)21/h4-7,12-13H,2-3,8-11H2,1H3,(H,20,21). The fourth-order valence-corrected chi connectivity index (χ4v) is 2.92. The summed E-state index contributed by atoms with van der Waals surface area (Å²) in [7, 11) is 0. The maximum absolute atomic E-state index is 14.2. The molecule has 0 radical (unpaired) electrons. The Morgan fingerprint density at radius 3 is 2.71 bits per heavy atom. The van der Waals surface area contributed by atoms with Gasteiger partial charge in [0.15, 0.2) is 0 Å². The van der Waals surface area contributed by atoms with E-state index in [0.717, 1.165) is 37.9 Å². The Morgan fingerprint density at radius 2 is 2.14 bits per heavy atom. The number of hydrogen-bond donors (Lipinski definition) is 1. The van der Waals surface area contributed by atoms with Crippen LogP contribution >= 0.6 is 0 Å². The Hall–Kier alpha value is -1.84. The molecular formula is C17H22FNO2. The maximum atomic E-state index is 14.2. The van der Waals surface area contributed by atoms with Crippen LogP contribution in [0.25, 0.3) is 6.08 Å².